The van der Waals surface area contributed by atoms with Crippen LogP contribution in [0, 0.1) is 5.92 Å². The average Bonchev–Trinajstić information content (AvgIpc) is 2.64. The number of carbonyl (C=O) groups excluding carboxylic acids is 1. The van der Waals surface area contributed by atoms with Crippen LogP contribution < -0.4 is 11.1 Å². The molecule has 0 aromatic rings. The Labute approximate surface area is 101 Å². The Morgan fingerprint density at radius 3 is 2.59 bits per heavy atom. The van der Waals surface area contributed by atoms with E-state index in [-0.39, 0.29) is 12.5 Å². The van der Waals surface area contributed by atoms with E-state index in [1.807, 2.05) is 13.8 Å². The smallest absolute Gasteiger partial charge is 0.326 e. The number of amides is 1. The van der Waals surface area contributed by atoms with Gasteiger partial charge in [0.15, 0.2) is 0 Å². The molecule has 17 heavy (non-hydrogen) atoms. The zero-order chi connectivity index (χ0) is 13.1. The molecule has 0 aromatic carbocycles. The van der Waals surface area contributed by atoms with Crippen LogP contribution in [0.4, 0.5) is 0 Å². The number of rotatable bonds is 5. The molecule has 0 spiro atoms. The van der Waals surface area contributed by atoms with Crippen LogP contribution in [0.5, 0.6) is 0 Å². The van der Waals surface area contributed by atoms with Crippen LogP contribution in [-0.2, 0) is 14.3 Å². The lowest BCUT2D eigenvalue weighted by Gasteiger charge is -2.24. The second-order valence-electron chi connectivity index (χ2n) is 4.95. The van der Waals surface area contributed by atoms with Crippen molar-refractivity contribution in [2.75, 3.05) is 13.2 Å². The van der Waals surface area contributed by atoms with E-state index in [9.17, 15) is 9.59 Å². The van der Waals surface area contributed by atoms with Gasteiger partial charge in [-0.05, 0) is 18.8 Å². The summed E-state index contributed by atoms with van der Waals surface area (Å²) in [4.78, 5) is 22.9. The summed E-state index contributed by atoms with van der Waals surface area (Å²) in [7, 11) is 0. The van der Waals surface area contributed by atoms with Crippen LogP contribution in [0.15, 0.2) is 0 Å². The van der Waals surface area contributed by atoms with Crippen molar-refractivity contribution in [2.24, 2.45) is 11.7 Å². The summed E-state index contributed by atoms with van der Waals surface area (Å²) in [5, 5.41) is 11.5. The largest absolute Gasteiger partial charge is 0.480 e. The van der Waals surface area contributed by atoms with E-state index in [0.717, 1.165) is 0 Å². The highest BCUT2D eigenvalue weighted by Gasteiger charge is 2.39. The number of ether oxygens (including phenoxy) is 1. The zero-order valence-corrected chi connectivity index (χ0v) is 10.2. The Kier molecular flexibility index (Phi) is 4.47. The van der Waals surface area contributed by atoms with Gasteiger partial charge in [-0.25, -0.2) is 4.79 Å². The van der Waals surface area contributed by atoms with Crippen LogP contribution in [0.3, 0.4) is 0 Å². The molecule has 1 aliphatic rings. The summed E-state index contributed by atoms with van der Waals surface area (Å²) in [6, 6.07) is -0.886. The van der Waals surface area contributed by atoms with Gasteiger partial charge in [-0.2, -0.15) is 0 Å². The maximum absolute atomic E-state index is 11.9. The Hall–Kier alpha value is -1.14. The molecule has 98 valence electrons. The quantitative estimate of drug-likeness (QED) is 0.617. The van der Waals surface area contributed by atoms with Crippen molar-refractivity contribution in [3.63, 3.8) is 0 Å². The molecular formula is C11H20N2O4. The fraction of sp³-hybridized carbons (Fsp3) is 0.818. The Balaban J connectivity index is 2.60. The summed E-state index contributed by atoms with van der Waals surface area (Å²) in [5.41, 5.74) is 4.77. The fourth-order valence-electron chi connectivity index (χ4n) is 1.75. The topological polar surface area (TPSA) is 102 Å². The van der Waals surface area contributed by atoms with Gasteiger partial charge < -0.3 is 20.9 Å². The SMILES string of the molecule is CC(C)C[C@@H](NC(=O)C1(N)CCOC1)C(=O)O. The number of hydrogen-bond donors (Lipinski definition) is 3. The Morgan fingerprint density at radius 1 is 1.53 bits per heavy atom. The number of hydrogen-bond acceptors (Lipinski definition) is 4. The Bertz CT molecular complexity index is 298. The molecule has 6 heteroatoms. The second kappa shape index (κ2) is 5.46. The highest BCUT2D eigenvalue weighted by molar-refractivity contribution is 5.90. The third-order valence-corrected chi connectivity index (χ3v) is 2.81. The number of carboxylic acid groups (broad SMARTS) is 1. The molecular weight excluding hydrogens is 224 g/mol. The number of carbonyl (C=O) groups is 2. The van der Waals surface area contributed by atoms with E-state index < -0.39 is 23.5 Å². The normalized spacial score (nSPS) is 25.9. The summed E-state index contributed by atoms with van der Waals surface area (Å²) in [6.45, 7) is 4.39. The lowest BCUT2D eigenvalue weighted by molar-refractivity contribution is -0.143. The molecule has 0 saturated carbocycles. The van der Waals surface area contributed by atoms with Crippen molar-refractivity contribution in [3.8, 4) is 0 Å². The summed E-state index contributed by atoms with van der Waals surface area (Å²) in [5.74, 6) is -1.29. The monoisotopic (exact) mass is 244 g/mol. The molecule has 1 aliphatic heterocycles. The van der Waals surface area contributed by atoms with E-state index in [1.165, 1.54) is 0 Å². The predicted molar refractivity (Wildman–Crippen MR) is 61.4 cm³/mol. The molecule has 1 rings (SSSR count). The summed E-state index contributed by atoms with van der Waals surface area (Å²) >= 11 is 0. The van der Waals surface area contributed by atoms with Crippen LogP contribution in [0.2, 0.25) is 0 Å². The molecule has 0 radical (unpaired) electrons. The van der Waals surface area contributed by atoms with E-state index in [2.05, 4.69) is 5.32 Å². The molecule has 2 atom stereocenters. The van der Waals surface area contributed by atoms with Crippen molar-refractivity contribution in [3.05, 3.63) is 0 Å². The van der Waals surface area contributed by atoms with Crippen LogP contribution in [-0.4, -0.2) is 41.8 Å². The van der Waals surface area contributed by atoms with Gasteiger partial charge in [-0.1, -0.05) is 13.8 Å². The lowest BCUT2D eigenvalue weighted by atomic mass is 9.97. The average molecular weight is 244 g/mol. The van der Waals surface area contributed by atoms with Crippen LogP contribution in [0.1, 0.15) is 26.7 Å². The molecule has 0 aromatic heterocycles. The van der Waals surface area contributed by atoms with Gasteiger partial charge in [-0.15, -0.1) is 0 Å². The van der Waals surface area contributed by atoms with E-state index in [0.29, 0.717) is 19.4 Å². The fourth-order valence-corrected chi connectivity index (χ4v) is 1.75. The minimum absolute atomic E-state index is 0.146. The molecule has 1 fully saturated rings. The predicted octanol–water partition coefficient (Wildman–Crippen LogP) is -0.280. The molecule has 1 amide bonds. The molecule has 0 bridgehead atoms. The molecule has 1 saturated heterocycles. The van der Waals surface area contributed by atoms with Crippen molar-refractivity contribution in [2.45, 2.75) is 38.3 Å². The maximum Gasteiger partial charge on any atom is 0.326 e. The molecule has 1 unspecified atom stereocenters. The lowest BCUT2D eigenvalue weighted by Crippen LogP contribution is -2.58. The molecule has 0 aliphatic carbocycles. The number of nitrogens with two attached hydrogens (primary N) is 1. The molecule has 4 N–H and O–H groups in total. The third-order valence-electron chi connectivity index (χ3n) is 2.81. The first-order chi connectivity index (χ1) is 7.85. The summed E-state index contributed by atoms with van der Waals surface area (Å²) in [6.07, 6.45) is 0.810. The van der Waals surface area contributed by atoms with Crippen molar-refractivity contribution in [1.29, 1.82) is 0 Å². The van der Waals surface area contributed by atoms with Gasteiger partial charge in [0.2, 0.25) is 5.91 Å². The molecule has 1 heterocycles. The summed E-state index contributed by atoms with van der Waals surface area (Å²) < 4.78 is 5.07. The van der Waals surface area contributed by atoms with Crippen LogP contribution in [0.25, 0.3) is 0 Å². The van der Waals surface area contributed by atoms with Crippen molar-refractivity contribution < 1.29 is 19.4 Å². The highest BCUT2D eigenvalue weighted by atomic mass is 16.5. The van der Waals surface area contributed by atoms with Gasteiger partial charge in [0.1, 0.15) is 11.6 Å². The third kappa shape index (κ3) is 3.67. The van der Waals surface area contributed by atoms with Gasteiger partial charge >= 0.3 is 5.97 Å². The zero-order valence-electron chi connectivity index (χ0n) is 10.2. The minimum atomic E-state index is -1.08. The first kappa shape index (κ1) is 13.9. The standard InChI is InChI=1S/C11H20N2O4/c1-7(2)5-8(9(14)15)13-10(16)11(12)3-4-17-6-11/h7-8H,3-6,12H2,1-2H3,(H,13,16)(H,14,15)/t8-,11?/m1/s1. The van der Waals surface area contributed by atoms with Gasteiger partial charge in [0.25, 0.3) is 0 Å². The van der Waals surface area contributed by atoms with Crippen molar-refractivity contribution >= 4 is 11.9 Å². The van der Waals surface area contributed by atoms with Crippen molar-refractivity contribution in [1.82, 2.24) is 5.32 Å². The number of aliphatic carboxylic acids is 1. The van der Waals surface area contributed by atoms with Gasteiger partial charge in [-0.3, -0.25) is 4.79 Å². The minimum Gasteiger partial charge on any atom is -0.480 e. The Morgan fingerprint density at radius 2 is 2.18 bits per heavy atom. The number of carboxylic acids is 1. The first-order valence-electron chi connectivity index (χ1n) is 5.75. The maximum atomic E-state index is 11.9. The van der Waals surface area contributed by atoms with E-state index >= 15 is 0 Å². The number of nitrogens with one attached hydrogen (secondary N) is 1. The molecule has 6 nitrogen and oxygen atoms in total. The highest BCUT2D eigenvalue weighted by Crippen LogP contribution is 2.16. The second-order valence-corrected chi connectivity index (χ2v) is 4.95. The van der Waals surface area contributed by atoms with E-state index in [4.69, 9.17) is 15.6 Å². The van der Waals surface area contributed by atoms with E-state index in [1.54, 1.807) is 0 Å². The first-order valence-corrected chi connectivity index (χ1v) is 5.75. The van der Waals surface area contributed by atoms with Gasteiger partial charge in [0, 0.05) is 6.61 Å². The van der Waals surface area contributed by atoms with Gasteiger partial charge in [0.05, 0.1) is 6.61 Å². The van der Waals surface area contributed by atoms with Crippen LogP contribution >= 0.6 is 0 Å².